The van der Waals surface area contributed by atoms with E-state index in [1.165, 1.54) is 77.0 Å². The van der Waals surface area contributed by atoms with Crippen molar-refractivity contribution in [3.8, 4) is 34.3 Å². The molecular formula is C59H67NO5. The molecule has 0 aliphatic rings. The maximum Gasteiger partial charge on any atom is 0.235 e. The number of unbranched alkanes of at least 4 members (excludes halogenated alkanes) is 13. The molecule has 6 aromatic carbocycles. The number of aromatic nitrogens is 1. The fourth-order valence-corrected chi connectivity index (χ4v) is 8.45. The first-order chi connectivity index (χ1) is 32.2. The Hall–Kier alpha value is -6.27. The van der Waals surface area contributed by atoms with Gasteiger partial charge in [0.25, 0.3) is 0 Å². The highest BCUT2D eigenvalue weighted by atomic mass is 16.5. The molecule has 0 aliphatic carbocycles. The Balaban J connectivity index is 1.22. The molecule has 65 heavy (non-hydrogen) atoms. The van der Waals surface area contributed by atoms with Crippen molar-refractivity contribution in [2.24, 2.45) is 0 Å². The highest BCUT2D eigenvalue weighted by Gasteiger charge is 2.24. The van der Waals surface area contributed by atoms with Crippen LogP contribution in [0.2, 0.25) is 0 Å². The minimum absolute atomic E-state index is 0.217. The molecule has 6 nitrogen and oxygen atoms in total. The highest BCUT2D eigenvalue weighted by molar-refractivity contribution is 5.92. The van der Waals surface area contributed by atoms with Gasteiger partial charge in [-0.1, -0.05) is 212 Å². The van der Waals surface area contributed by atoms with Crippen LogP contribution in [-0.4, -0.2) is 4.57 Å². The van der Waals surface area contributed by atoms with E-state index >= 15 is 4.79 Å². The van der Waals surface area contributed by atoms with Gasteiger partial charge in [-0.05, 0) is 52.9 Å². The molecule has 1 heterocycles. The van der Waals surface area contributed by atoms with Crippen LogP contribution in [0.15, 0.2) is 163 Å². The van der Waals surface area contributed by atoms with Gasteiger partial charge < -0.3 is 23.5 Å². The van der Waals surface area contributed by atoms with Crippen LogP contribution in [0.1, 0.15) is 119 Å². The summed E-state index contributed by atoms with van der Waals surface area (Å²) in [6.45, 7) is 4.34. The largest absolute Gasteiger partial charge is 0.489 e. The van der Waals surface area contributed by atoms with Crippen molar-refractivity contribution in [3.05, 3.63) is 190 Å². The molecule has 0 N–H and O–H groups in total. The molecule has 0 amide bonds. The number of benzene rings is 6. The molecule has 0 fully saturated rings. The smallest absolute Gasteiger partial charge is 0.235 e. The summed E-state index contributed by atoms with van der Waals surface area (Å²) in [5, 5.41) is 0.480. The molecule has 338 valence electrons. The molecule has 0 atom stereocenters. The molecule has 0 bridgehead atoms. The number of aryl methyl sites for hydroxylation is 1. The molecule has 7 rings (SSSR count). The molecular weight excluding hydrogens is 803 g/mol. The van der Waals surface area contributed by atoms with Crippen LogP contribution >= 0.6 is 0 Å². The Kier molecular flexibility index (Phi) is 18.6. The molecule has 0 aliphatic heterocycles. The van der Waals surface area contributed by atoms with E-state index in [0.29, 0.717) is 49.0 Å². The minimum atomic E-state index is -0.217. The summed E-state index contributed by atoms with van der Waals surface area (Å²) < 4.78 is 28.4. The Morgan fingerprint density at radius 3 is 1.31 bits per heavy atom. The third-order valence-electron chi connectivity index (χ3n) is 12.1. The van der Waals surface area contributed by atoms with Crippen molar-refractivity contribution < 1.29 is 18.9 Å². The Morgan fingerprint density at radius 2 is 0.831 bits per heavy atom. The van der Waals surface area contributed by atoms with Gasteiger partial charge in [0.05, 0.1) is 16.6 Å². The first kappa shape index (κ1) is 46.7. The van der Waals surface area contributed by atoms with Crippen LogP contribution in [0.3, 0.4) is 0 Å². The molecule has 0 unspecified atom stereocenters. The van der Waals surface area contributed by atoms with Crippen molar-refractivity contribution in [2.45, 2.75) is 130 Å². The van der Waals surface area contributed by atoms with Gasteiger partial charge in [-0.15, -0.1) is 0 Å². The fraction of sp³-hybridized carbons (Fsp3) is 0.339. The predicted octanol–water partition coefficient (Wildman–Crippen LogP) is 15.5. The zero-order valence-corrected chi connectivity index (χ0v) is 38.4. The summed E-state index contributed by atoms with van der Waals surface area (Å²) in [4.78, 5) is 15.3. The van der Waals surface area contributed by atoms with Crippen LogP contribution < -0.4 is 24.4 Å². The van der Waals surface area contributed by atoms with E-state index in [1.807, 2.05) is 133 Å². The second kappa shape index (κ2) is 25.9. The average Bonchev–Trinajstić information content (AvgIpc) is 3.36. The van der Waals surface area contributed by atoms with Crippen molar-refractivity contribution >= 4 is 10.9 Å². The highest BCUT2D eigenvalue weighted by Crippen LogP contribution is 2.39. The summed E-state index contributed by atoms with van der Waals surface area (Å²) in [5.74, 6) is 2.15. The van der Waals surface area contributed by atoms with Gasteiger partial charge in [0.2, 0.25) is 5.43 Å². The van der Waals surface area contributed by atoms with E-state index in [9.17, 15) is 0 Å². The second-order valence-electron chi connectivity index (χ2n) is 17.2. The van der Waals surface area contributed by atoms with Crippen LogP contribution in [0.25, 0.3) is 22.2 Å². The Labute approximate surface area is 387 Å². The molecule has 7 aromatic rings. The summed E-state index contributed by atoms with van der Waals surface area (Å²) in [5.41, 5.74) is 6.27. The number of ether oxygens (including phenoxy) is 4. The van der Waals surface area contributed by atoms with Gasteiger partial charge in [0.1, 0.15) is 43.7 Å². The predicted molar refractivity (Wildman–Crippen MR) is 267 cm³/mol. The SMILES string of the molecule is CCCCCCCCCCCCCCCCn1c(-c2ccc(OCc3ccccc3)cc2)c(OCc2ccccc2)c(=O)c2c(OCc3ccccc3)cc(OCc3ccccc3)cc21. The number of nitrogens with zero attached hydrogens (tertiary/aromatic N) is 1. The van der Waals surface area contributed by atoms with E-state index in [4.69, 9.17) is 18.9 Å². The molecule has 0 saturated carbocycles. The van der Waals surface area contributed by atoms with E-state index in [1.54, 1.807) is 0 Å². The van der Waals surface area contributed by atoms with Crippen molar-refractivity contribution in [1.82, 2.24) is 4.57 Å². The third kappa shape index (κ3) is 14.4. The van der Waals surface area contributed by atoms with Crippen LogP contribution in [0, 0.1) is 0 Å². The maximum atomic E-state index is 15.3. The summed E-state index contributed by atoms with van der Waals surface area (Å²) in [6.07, 6.45) is 17.9. The first-order valence-corrected chi connectivity index (χ1v) is 24.2. The standard InChI is InChI=1S/C59H67NO5/c1-2-3-4-5-6-7-8-9-10-11-12-13-14-27-40-60-54-41-53(63-44-48-30-21-16-22-31-48)42-55(64-45-49-32-23-17-24-33-49)56(54)58(61)59(65-46-50-34-25-18-26-35-50)57(60)51-36-38-52(39-37-51)62-43-47-28-19-15-20-29-47/h15-26,28-39,41-42H,2-14,27,40,43-46H2,1H3. The lowest BCUT2D eigenvalue weighted by Gasteiger charge is -2.23. The number of pyridine rings is 1. The van der Waals surface area contributed by atoms with Crippen LogP contribution in [0.4, 0.5) is 0 Å². The Bertz CT molecular complexity index is 2490. The Morgan fingerprint density at radius 1 is 0.415 bits per heavy atom. The first-order valence-electron chi connectivity index (χ1n) is 24.2. The lowest BCUT2D eigenvalue weighted by Crippen LogP contribution is -2.18. The van der Waals surface area contributed by atoms with Gasteiger partial charge in [-0.2, -0.15) is 0 Å². The van der Waals surface area contributed by atoms with Gasteiger partial charge in [0.15, 0.2) is 5.75 Å². The molecule has 0 radical (unpaired) electrons. The van der Waals surface area contributed by atoms with Crippen LogP contribution in [-0.2, 0) is 33.0 Å². The normalized spacial score (nSPS) is 11.2. The fourth-order valence-electron chi connectivity index (χ4n) is 8.45. The second-order valence-corrected chi connectivity index (χ2v) is 17.2. The molecule has 0 saturated heterocycles. The molecule has 0 spiro atoms. The van der Waals surface area contributed by atoms with E-state index in [2.05, 4.69) is 35.8 Å². The number of hydrogen-bond acceptors (Lipinski definition) is 5. The lowest BCUT2D eigenvalue weighted by molar-refractivity contribution is 0.291. The monoisotopic (exact) mass is 870 g/mol. The van der Waals surface area contributed by atoms with Gasteiger partial charge in [-0.3, -0.25) is 4.79 Å². The molecule has 1 aromatic heterocycles. The number of rotatable bonds is 28. The number of fused-ring (bicyclic) bond motifs is 1. The quantitative estimate of drug-likeness (QED) is 0.0459. The maximum absolute atomic E-state index is 15.3. The van der Waals surface area contributed by atoms with E-state index in [-0.39, 0.29) is 12.0 Å². The van der Waals surface area contributed by atoms with Gasteiger partial charge in [-0.25, -0.2) is 0 Å². The summed E-state index contributed by atoms with van der Waals surface area (Å²) in [7, 11) is 0. The third-order valence-corrected chi connectivity index (χ3v) is 12.1. The van der Waals surface area contributed by atoms with E-state index in [0.717, 1.165) is 57.6 Å². The topological polar surface area (TPSA) is 58.9 Å². The lowest BCUT2D eigenvalue weighted by atomic mass is 10.0. The zero-order chi connectivity index (χ0) is 44.7. The van der Waals surface area contributed by atoms with Gasteiger partial charge >= 0.3 is 0 Å². The van der Waals surface area contributed by atoms with Crippen molar-refractivity contribution in [1.29, 1.82) is 0 Å². The summed E-state index contributed by atoms with van der Waals surface area (Å²) >= 11 is 0. The zero-order valence-electron chi connectivity index (χ0n) is 38.4. The summed E-state index contributed by atoms with van der Waals surface area (Å²) in [6, 6.07) is 52.3. The minimum Gasteiger partial charge on any atom is -0.489 e. The van der Waals surface area contributed by atoms with Gasteiger partial charge in [0, 0.05) is 24.2 Å². The van der Waals surface area contributed by atoms with Crippen molar-refractivity contribution in [2.75, 3.05) is 0 Å². The van der Waals surface area contributed by atoms with Crippen LogP contribution in [0.5, 0.6) is 23.0 Å². The molecule has 6 heteroatoms. The average molecular weight is 870 g/mol. The van der Waals surface area contributed by atoms with E-state index < -0.39 is 0 Å². The van der Waals surface area contributed by atoms with Crippen molar-refractivity contribution in [3.63, 3.8) is 0 Å². The number of hydrogen-bond donors (Lipinski definition) is 0.